The second kappa shape index (κ2) is 7.09. The standard InChI is InChI=1S/C15H21FN2O3S/c1-22(20,21)18(14-9-5-4-8-13(14)16)11-10-15(19)17-12-6-2-3-7-12/h4-5,8-9,12H,2-3,6-7,10-11H2,1H3,(H,17,19). The lowest BCUT2D eigenvalue weighted by molar-refractivity contribution is -0.121. The maximum atomic E-state index is 13.8. The molecule has 1 aliphatic carbocycles. The van der Waals surface area contributed by atoms with Crippen LogP contribution in [0.15, 0.2) is 24.3 Å². The maximum absolute atomic E-state index is 13.8. The third-order valence-electron chi connectivity index (χ3n) is 3.78. The molecule has 0 atom stereocenters. The summed E-state index contributed by atoms with van der Waals surface area (Å²) in [6.45, 7) is -0.0711. The van der Waals surface area contributed by atoms with E-state index >= 15 is 0 Å². The Bertz CT molecular complexity index is 627. The van der Waals surface area contributed by atoms with Crippen molar-refractivity contribution in [2.45, 2.75) is 38.1 Å². The van der Waals surface area contributed by atoms with E-state index in [9.17, 15) is 17.6 Å². The molecule has 1 N–H and O–H groups in total. The molecule has 22 heavy (non-hydrogen) atoms. The fourth-order valence-electron chi connectivity index (χ4n) is 2.69. The first-order chi connectivity index (χ1) is 10.4. The van der Waals surface area contributed by atoms with E-state index in [1.54, 1.807) is 6.07 Å². The summed E-state index contributed by atoms with van der Waals surface area (Å²) < 4.78 is 38.5. The molecule has 1 amide bonds. The number of nitrogens with one attached hydrogen (secondary N) is 1. The molecule has 0 bridgehead atoms. The van der Waals surface area contributed by atoms with Crippen molar-refractivity contribution in [3.8, 4) is 0 Å². The second-order valence-electron chi connectivity index (χ2n) is 5.59. The van der Waals surface area contributed by atoms with Gasteiger partial charge in [-0.05, 0) is 25.0 Å². The lowest BCUT2D eigenvalue weighted by Gasteiger charge is -2.23. The van der Waals surface area contributed by atoms with E-state index in [0.29, 0.717) is 0 Å². The molecule has 1 aromatic rings. The Morgan fingerprint density at radius 1 is 1.32 bits per heavy atom. The Balaban J connectivity index is 2.02. The lowest BCUT2D eigenvalue weighted by atomic mass is 10.2. The highest BCUT2D eigenvalue weighted by molar-refractivity contribution is 7.92. The van der Waals surface area contributed by atoms with E-state index in [2.05, 4.69) is 5.32 Å². The molecule has 0 unspecified atom stereocenters. The van der Waals surface area contributed by atoms with Crippen molar-refractivity contribution < 1.29 is 17.6 Å². The average Bonchev–Trinajstić information content (AvgIpc) is 2.92. The minimum Gasteiger partial charge on any atom is -0.353 e. The quantitative estimate of drug-likeness (QED) is 0.869. The number of carbonyl (C=O) groups is 1. The smallest absolute Gasteiger partial charge is 0.232 e. The van der Waals surface area contributed by atoms with Crippen LogP contribution < -0.4 is 9.62 Å². The number of para-hydroxylation sites is 1. The van der Waals surface area contributed by atoms with Crippen molar-refractivity contribution in [2.24, 2.45) is 0 Å². The number of benzene rings is 1. The molecule has 0 saturated heterocycles. The van der Waals surface area contributed by atoms with Gasteiger partial charge in [0.1, 0.15) is 5.82 Å². The van der Waals surface area contributed by atoms with Gasteiger partial charge in [-0.3, -0.25) is 9.10 Å². The molecule has 0 radical (unpaired) electrons. The Kier molecular flexibility index (Phi) is 5.39. The molecular weight excluding hydrogens is 307 g/mol. The van der Waals surface area contributed by atoms with Gasteiger partial charge in [0.05, 0.1) is 11.9 Å². The fourth-order valence-corrected chi connectivity index (χ4v) is 3.62. The topological polar surface area (TPSA) is 66.5 Å². The van der Waals surface area contributed by atoms with Crippen molar-refractivity contribution in [2.75, 3.05) is 17.1 Å². The van der Waals surface area contributed by atoms with Gasteiger partial charge in [0.15, 0.2) is 0 Å². The molecule has 7 heteroatoms. The highest BCUT2D eigenvalue weighted by Crippen LogP contribution is 2.22. The molecule has 1 saturated carbocycles. The fraction of sp³-hybridized carbons (Fsp3) is 0.533. The van der Waals surface area contributed by atoms with Crippen LogP contribution in [0.3, 0.4) is 0 Å². The van der Waals surface area contributed by atoms with Crippen molar-refractivity contribution >= 4 is 21.6 Å². The first kappa shape index (κ1) is 16.7. The zero-order valence-corrected chi connectivity index (χ0v) is 13.4. The van der Waals surface area contributed by atoms with Gasteiger partial charge in [0.25, 0.3) is 0 Å². The van der Waals surface area contributed by atoms with E-state index in [1.807, 2.05) is 0 Å². The molecule has 2 rings (SSSR count). The minimum absolute atomic E-state index is 0.0118. The number of nitrogens with zero attached hydrogens (tertiary/aromatic N) is 1. The summed E-state index contributed by atoms with van der Waals surface area (Å²) in [5, 5.41) is 2.90. The van der Waals surface area contributed by atoms with Crippen molar-refractivity contribution in [1.29, 1.82) is 0 Å². The predicted molar refractivity (Wildman–Crippen MR) is 83.6 cm³/mol. The maximum Gasteiger partial charge on any atom is 0.232 e. The van der Waals surface area contributed by atoms with Crippen LogP contribution in [0, 0.1) is 5.82 Å². The number of halogens is 1. The van der Waals surface area contributed by atoms with Gasteiger partial charge in [-0.15, -0.1) is 0 Å². The number of hydrogen-bond acceptors (Lipinski definition) is 3. The van der Waals surface area contributed by atoms with E-state index < -0.39 is 15.8 Å². The molecule has 122 valence electrons. The Morgan fingerprint density at radius 2 is 1.95 bits per heavy atom. The number of amides is 1. The average molecular weight is 328 g/mol. The molecule has 0 aliphatic heterocycles. The van der Waals surface area contributed by atoms with E-state index in [4.69, 9.17) is 0 Å². The largest absolute Gasteiger partial charge is 0.353 e. The number of carbonyl (C=O) groups excluding carboxylic acids is 1. The summed E-state index contributed by atoms with van der Waals surface area (Å²) in [7, 11) is -3.65. The Hall–Kier alpha value is -1.63. The van der Waals surface area contributed by atoms with Crippen LogP contribution in [-0.4, -0.2) is 33.2 Å². The summed E-state index contributed by atoms with van der Waals surface area (Å²) in [4.78, 5) is 11.9. The first-order valence-corrected chi connectivity index (χ1v) is 9.24. The summed E-state index contributed by atoms with van der Waals surface area (Å²) in [6.07, 6.45) is 5.17. The second-order valence-corrected chi connectivity index (χ2v) is 7.49. The van der Waals surface area contributed by atoms with Crippen LogP contribution in [0.2, 0.25) is 0 Å². The predicted octanol–water partition coefficient (Wildman–Crippen LogP) is 2.04. The van der Waals surface area contributed by atoms with Gasteiger partial charge in [-0.25, -0.2) is 12.8 Å². The molecule has 1 fully saturated rings. The van der Waals surface area contributed by atoms with Crippen LogP contribution in [-0.2, 0) is 14.8 Å². The number of hydrogen-bond donors (Lipinski definition) is 1. The molecule has 1 aromatic carbocycles. The van der Waals surface area contributed by atoms with Crippen molar-refractivity contribution in [3.05, 3.63) is 30.1 Å². The summed E-state index contributed by atoms with van der Waals surface area (Å²) in [6, 6.07) is 5.84. The summed E-state index contributed by atoms with van der Waals surface area (Å²) in [5.41, 5.74) is -0.0290. The first-order valence-electron chi connectivity index (χ1n) is 7.39. The highest BCUT2D eigenvalue weighted by Gasteiger charge is 2.22. The molecule has 1 aliphatic rings. The van der Waals surface area contributed by atoms with Crippen LogP contribution >= 0.6 is 0 Å². The molecule has 0 spiro atoms. The third kappa shape index (κ3) is 4.43. The SMILES string of the molecule is CS(=O)(=O)N(CCC(=O)NC1CCCC1)c1ccccc1F. The number of anilines is 1. The number of sulfonamides is 1. The highest BCUT2D eigenvalue weighted by atomic mass is 32.2. The zero-order chi connectivity index (χ0) is 16.2. The van der Waals surface area contributed by atoms with E-state index in [0.717, 1.165) is 36.2 Å². The van der Waals surface area contributed by atoms with Crippen molar-refractivity contribution in [3.63, 3.8) is 0 Å². The monoisotopic (exact) mass is 328 g/mol. The van der Waals surface area contributed by atoms with Gasteiger partial charge in [-0.1, -0.05) is 25.0 Å². The van der Waals surface area contributed by atoms with Gasteiger partial charge in [0, 0.05) is 19.0 Å². The molecular formula is C15H21FN2O3S. The number of rotatable bonds is 6. The molecule has 0 aromatic heterocycles. The van der Waals surface area contributed by atoms with Crippen LogP contribution in [0.1, 0.15) is 32.1 Å². The summed E-state index contributed by atoms with van der Waals surface area (Å²) >= 11 is 0. The normalized spacial score (nSPS) is 15.7. The Labute approximate surface area is 130 Å². The van der Waals surface area contributed by atoms with Crippen molar-refractivity contribution in [1.82, 2.24) is 5.32 Å². The van der Waals surface area contributed by atoms with Gasteiger partial charge in [-0.2, -0.15) is 0 Å². The minimum atomic E-state index is -3.65. The lowest BCUT2D eigenvalue weighted by Crippen LogP contribution is -2.37. The third-order valence-corrected chi connectivity index (χ3v) is 4.96. The van der Waals surface area contributed by atoms with Crippen LogP contribution in [0.5, 0.6) is 0 Å². The van der Waals surface area contributed by atoms with Crippen LogP contribution in [0.4, 0.5) is 10.1 Å². The zero-order valence-electron chi connectivity index (χ0n) is 12.6. The molecule has 0 heterocycles. The van der Waals surface area contributed by atoms with Gasteiger partial charge in [0.2, 0.25) is 15.9 Å². The van der Waals surface area contributed by atoms with E-state index in [1.165, 1.54) is 18.2 Å². The van der Waals surface area contributed by atoms with Gasteiger partial charge < -0.3 is 5.32 Å². The van der Waals surface area contributed by atoms with Gasteiger partial charge >= 0.3 is 0 Å². The Morgan fingerprint density at radius 3 is 2.55 bits per heavy atom. The van der Waals surface area contributed by atoms with Crippen LogP contribution in [0.25, 0.3) is 0 Å². The summed E-state index contributed by atoms with van der Waals surface area (Å²) in [5.74, 6) is -0.819. The van der Waals surface area contributed by atoms with E-state index in [-0.39, 0.29) is 30.6 Å². The molecule has 5 nitrogen and oxygen atoms in total.